The summed E-state index contributed by atoms with van der Waals surface area (Å²) in [5.74, 6) is -0.595. The van der Waals surface area contributed by atoms with E-state index in [1.54, 1.807) is 6.07 Å². The molecule has 1 fully saturated rings. The summed E-state index contributed by atoms with van der Waals surface area (Å²) >= 11 is 0. The van der Waals surface area contributed by atoms with Crippen LogP contribution in [0.25, 0.3) is 0 Å². The summed E-state index contributed by atoms with van der Waals surface area (Å²) in [6.45, 7) is 10.2. The van der Waals surface area contributed by atoms with Crippen molar-refractivity contribution < 1.29 is 8.78 Å². The van der Waals surface area contributed by atoms with Crippen LogP contribution in [0.2, 0.25) is 0 Å². The van der Waals surface area contributed by atoms with Crippen LogP contribution in [-0.2, 0) is 0 Å². The van der Waals surface area contributed by atoms with Gasteiger partial charge in [-0.1, -0.05) is 27.7 Å². The van der Waals surface area contributed by atoms with Gasteiger partial charge in [0.25, 0.3) is 0 Å². The van der Waals surface area contributed by atoms with Gasteiger partial charge in [-0.25, -0.2) is 8.78 Å². The van der Waals surface area contributed by atoms with E-state index in [1.807, 2.05) is 0 Å². The largest absolute Gasteiger partial charge is 0.363 e. The van der Waals surface area contributed by atoms with Crippen LogP contribution < -0.4 is 10.2 Å². The molecule has 1 saturated heterocycles. The van der Waals surface area contributed by atoms with Crippen LogP contribution in [0, 0.1) is 17.6 Å². The number of benzene rings is 1. The summed E-state index contributed by atoms with van der Waals surface area (Å²) in [6, 6.07) is 4.11. The fraction of sp³-hybridized carbons (Fsp3) is 0.647. The maximum Gasteiger partial charge on any atom is 0.149 e. The highest BCUT2D eigenvalue weighted by Gasteiger charge is 2.38. The Morgan fingerprint density at radius 1 is 1.29 bits per heavy atom. The number of hydrogen-bond acceptors (Lipinski definition) is 2. The minimum atomic E-state index is -0.523. The van der Waals surface area contributed by atoms with Gasteiger partial charge in [0.1, 0.15) is 11.6 Å². The molecule has 4 heteroatoms. The van der Waals surface area contributed by atoms with E-state index in [4.69, 9.17) is 0 Å². The molecule has 0 radical (unpaired) electrons. The Balaban J connectivity index is 2.38. The number of anilines is 1. The highest BCUT2D eigenvalue weighted by molar-refractivity contribution is 5.50. The minimum absolute atomic E-state index is 0.00617. The smallest absolute Gasteiger partial charge is 0.149 e. The quantitative estimate of drug-likeness (QED) is 0.905. The van der Waals surface area contributed by atoms with Crippen molar-refractivity contribution in [3.63, 3.8) is 0 Å². The van der Waals surface area contributed by atoms with E-state index in [-0.39, 0.29) is 11.6 Å². The van der Waals surface area contributed by atoms with Crippen LogP contribution in [-0.4, -0.2) is 24.7 Å². The van der Waals surface area contributed by atoms with E-state index in [9.17, 15) is 8.78 Å². The molecular formula is C17H26F2N2. The Morgan fingerprint density at radius 3 is 2.48 bits per heavy atom. The first kappa shape index (κ1) is 16.2. The minimum Gasteiger partial charge on any atom is -0.363 e. The van der Waals surface area contributed by atoms with Gasteiger partial charge in [-0.15, -0.1) is 0 Å². The zero-order valence-corrected chi connectivity index (χ0v) is 13.4. The SMILES string of the molecule is CCC1(CC)CN(c2ccc(F)cc2F)C(C(C)C)CN1. The summed E-state index contributed by atoms with van der Waals surface area (Å²) in [6.07, 6.45) is 1.99. The van der Waals surface area contributed by atoms with Crippen molar-refractivity contribution in [2.75, 3.05) is 18.0 Å². The van der Waals surface area contributed by atoms with Gasteiger partial charge in [0.15, 0.2) is 0 Å². The second kappa shape index (κ2) is 6.30. The molecule has 1 heterocycles. The summed E-state index contributed by atoms with van der Waals surface area (Å²) in [5, 5.41) is 3.66. The van der Waals surface area contributed by atoms with E-state index >= 15 is 0 Å². The van der Waals surface area contributed by atoms with Crippen molar-refractivity contribution >= 4 is 5.69 Å². The van der Waals surface area contributed by atoms with E-state index in [0.29, 0.717) is 11.6 Å². The van der Waals surface area contributed by atoms with Crippen LogP contribution in [0.15, 0.2) is 18.2 Å². The first-order valence-corrected chi connectivity index (χ1v) is 7.89. The van der Waals surface area contributed by atoms with Gasteiger partial charge in [-0.05, 0) is 30.9 Å². The monoisotopic (exact) mass is 296 g/mol. The normalized spacial score (nSPS) is 21.9. The predicted molar refractivity (Wildman–Crippen MR) is 83.6 cm³/mol. The molecule has 1 atom stereocenters. The molecule has 1 aromatic carbocycles. The first-order chi connectivity index (χ1) is 9.92. The van der Waals surface area contributed by atoms with Crippen molar-refractivity contribution in [1.29, 1.82) is 0 Å². The van der Waals surface area contributed by atoms with E-state index in [2.05, 4.69) is 37.9 Å². The third-order valence-electron chi connectivity index (χ3n) is 4.90. The number of hydrogen-bond donors (Lipinski definition) is 1. The van der Waals surface area contributed by atoms with Crippen LogP contribution >= 0.6 is 0 Å². The molecule has 1 aliphatic heterocycles. The lowest BCUT2D eigenvalue weighted by Gasteiger charge is -2.50. The Kier molecular flexibility index (Phi) is 4.87. The van der Waals surface area contributed by atoms with Crippen LogP contribution in [0.4, 0.5) is 14.5 Å². The maximum absolute atomic E-state index is 14.2. The van der Waals surface area contributed by atoms with Gasteiger partial charge in [0, 0.05) is 30.7 Å². The number of piperazine rings is 1. The molecular weight excluding hydrogens is 270 g/mol. The number of rotatable bonds is 4. The summed E-state index contributed by atoms with van der Waals surface area (Å²) in [5.41, 5.74) is 0.523. The molecule has 0 amide bonds. The van der Waals surface area contributed by atoms with Crippen LogP contribution in [0.3, 0.4) is 0 Å². The van der Waals surface area contributed by atoms with Gasteiger partial charge >= 0.3 is 0 Å². The first-order valence-electron chi connectivity index (χ1n) is 7.89. The average Bonchev–Trinajstić information content (AvgIpc) is 2.46. The fourth-order valence-corrected chi connectivity index (χ4v) is 3.23. The molecule has 1 N–H and O–H groups in total. The molecule has 0 aromatic heterocycles. The highest BCUT2D eigenvalue weighted by atomic mass is 19.1. The van der Waals surface area contributed by atoms with E-state index in [0.717, 1.165) is 32.0 Å². The van der Waals surface area contributed by atoms with Crippen molar-refractivity contribution in [1.82, 2.24) is 5.32 Å². The topological polar surface area (TPSA) is 15.3 Å². The summed E-state index contributed by atoms with van der Waals surface area (Å²) in [4.78, 5) is 2.13. The van der Waals surface area contributed by atoms with Crippen molar-refractivity contribution in [2.45, 2.75) is 52.1 Å². The zero-order chi connectivity index (χ0) is 15.6. The summed E-state index contributed by atoms with van der Waals surface area (Å²) in [7, 11) is 0. The maximum atomic E-state index is 14.2. The van der Waals surface area contributed by atoms with Crippen molar-refractivity contribution in [3.05, 3.63) is 29.8 Å². The molecule has 1 unspecified atom stereocenters. The number of nitrogens with one attached hydrogen (secondary N) is 1. The lowest BCUT2D eigenvalue weighted by atomic mass is 9.86. The molecule has 0 saturated carbocycles. The van der Waals surface area contributed by atoms with E-state index < -0.39 is 11.6 Å². The second-order valence-corrected chi connectivity index (χ2v) is 6.40. The molecule has 1 aliphatic rings. The Morgan fingerprint density at radius 2 is 1.95 bits per heavy atom. The zero-order valence-electron chi connectivity index (χ0n) is 13.4. The van der Waals surface area contributed by atoms with Crippen molar-refractivity contribution in [2.24, 2.45) is 5.92 Å². The predicted octanol–water partition coefficient (Wildman–Crippen LogP) is 3.96. The standard InChI is InChI=1S/C17H26F2N2/c1-5-17(6-2)11-21(16(10-20-17)12(3)4)15-8-7-13(18)9-14(15)19/h7-9,12,16,20H,5-6,10-11H2,1-4H3. The number of halogens is 2. The van der Waals surface area contributed by atoms with Crippen LogP contribution in [0.1, 0.15) is 40.5 Å². The fourth-order valence-electron chi connectivity index (χ4n) is 3.23. The highest BCUT2D eigenvalue weighted by Crippen LogP contribution is 2.31. The van der Waals surface area contributed by atoms with Crippen molar-refractivity contribution in [3.8, 4) is 0 Å². The van der Waals surface area contributed by atoms with E-state index in [1.165, 1.54) is 6.07 Å². The van der Waals surface area contributed by atoms with Gasteiger partial charge in [-0.3, -0.25) is 0 Å². The molecule has 21 heavy (non-hydrogen) atoms. The lowest BCUT2D eigenvalue weighted by Crippen LogP contribution is -2.65. The number of nitrogens with zero attached hydrogens (tertiary/aromatic N) is 1. The molecule has 1 aromatic rings. The lowest BCUT2D eigenvalue weighted by molar-refractivity contribution is 0.226. The van der Waals surface area contributed by atoms with Gasteiger partial charge in [0.05, 0.1) is 5.69 Å². The van der Waals surface area contributed by atoms with Gasteiger partial charge in [0.2, 0.25) is 0 Å². The molecule has 0 aliphatic carbocycles. The van der Waals surface area contributed by atoms with Gasteiger partial charge < -0.3 is 10.2 Å². The molecule has 2 nitrogen and oxygen atoms in total. The molecule has 118 valence electrons. The molecule has 0 bridgehead atoms. The van der Waals surface area contributed by atoms with Gasteiger partial charge in [-0.2, -0.15) is 0 Å². The Bertz CT molecular complexity index is 484. The van der Waals surface area contributed by atoms with Crippen LogP contribution in [0.5, 0.6) is 0 Å². The summed E-state index contributed by atoms with van der Waals surface area (Å²) < 4.78 is 27.4. The average molecular weight is 296 g/mol. The third kappa shape index (κ3) is 3.20. The molecule has 0 spiro atoms. The second-order valence-electron chi connectivity index (χ2n) is 6.40. The molecule has 2 rings (SSSR count). The Labute approximate surface area is 126 Å². The Hall–Kier alpha value is -1.16. The third-order valence-corrected chi connectivity index (χ3v) is 4.90.